The molecule has 0 aromatic carbocycles. The summed E-state index contributed by atoms with van der Waals surface area (Å²) in [5, 5.41) is 10.8. The van der Waals surface area contributed by atoms with Crippen LogP contribution in [-0.4, -0.2) is 21.7 Å². The Morgan fingerprint density at radius 1 is 1.19 bits per heavy atom. The Kier molecular flexibility index (Phi) is 3.09. The number of fused-ring (bicyclic) bond motifs is 1. The molecule has 21 heavy (non-hydrogen) atoms. The fraction of sp³-hybridized carbons (Fsp3) is 0.286. The van der Waals surface area contributed by atoms with Crippen LogP contribution in [0.2, 0.25) is 0 Å². The number of hydrogen-bond donors (Lipinski definition) is 1. The number of aromatic nitrogens is 2. The predicted molar refractivity (Wildman–Crippen MR) is 66.6 cm³/mol. The summed E-state index contributed by atoms with van der Waals surface area (Å²) in [4.78, 5) is 7.48. The summed E-state index contributed by atoms with van der Waals surface area (Å²) >= 11 is 0. The van der Waals surface area contributed by atoms with Crippen LogP contribution in [0.25, 0.3) is 0 Å². The van der Waals surface area contributed by atoms with Crippen LogP contribution in [0.5, 0.6) is 5.75 Å². The van der Waals surface area contributed by atoms with Crippen molar-refractivity contribution >= 4 is 0 Å². The van der Waals surface area contributed by atoms with Crippen molar-refractivity contribution in [3.63, 3.8) is 0 Å². The van der Waals surface area contributed by atoms with Crippen molar-refractivity contribution in [2.45, 2.75) is 18.2 Å². The molecular weight excluding hydrogens is 285 g/mol. The largest absolute Gasteiger partial charge is 0.491 e. The van der Waals surface area contributed by atoms with Crippen LogP contribution in [0.3, 0.4) is 0 Å². The Bertz CT molecular complexity index is 658. The lowest BCUT2D eigenvalue weighted by Crippen LogP contribution is -2.35. The molecule has 0 amide bonds. The van der Waals surface area contributed by atoms with E-state index in [4.69, 9.17) is 4.74 Å². The molecule has 0 saturated carbocycles. The number of pyridine rings is 2. The average molecular weight is 296 g/mol. The number of nitrogens with zero attached hydrogens (tertiary/aromatic N) is 2. The van der Waals surface area contributed by atoms with Crippen LogP contribution in [-0.2, 0) is 11.8 Å². The number of halogens is 3. The van der Waals surface area contributed by atoms with Gasteiger partial charge in [-0.3, -0.25) is 9.97 Å². The van der Waals surface area contributed by atoms with Crippen molar-refractivity contribution in [1.82, 2.24) is 9.97 Å². The van der Waals surface area contributed by atoms with E-state index in [0.717, 1.165) is 12.3 Å². The molecule has 1 atom stereocenters. The number of aliphatic hydroxyl groups is 1. The first-order valence-corrected chi connectivity index (χ1v) is 6.26. The molecule has 1 aliphatic rings. The molecule has 0 radical (unpaired) electrons. The number of ether oxygens (including phenoxy) is 1. The number of alkyl halides is 3. The van der Waals surface area contributed by atoms with Gasteiger partial charge in [0.25, 0.3) is 0 Å². The van der Waals surface area contributed by atoms with Crippen LogP contribution >= 0.6 is 0 Å². The van der Waals surface area contributed by atoms with Crippen LogP contribution in [0, 0.1) is 0 Å². The third kappa shape index (κ3) is 2.33. The molecule has 2 aromatic heterocycles. The standard InChI is InChI=1S/C14H11F3N2O2/c15-14(16,17)11-4-3-9(8-19-11)13(20)5-7-21-10-2-1-6-18-12(10)13/h1-4,6,8,20H,5,7H2/t13-/m1/s1. The van der Waals surface area contributed by atoms with Crippen molar-refractivity contribution in [2.75, 3.05) is 6.61 Å². The van der Waals surface area contributed by atoms with Crippen molar-refractivity contribution in [3.05, 3.63) is 53.6 Å². The molecule has 0 saturated heterocycles. The van der Waals surface area contributed by atoms with Crippen molar-refractivity contribution in [3.8, 4) is 5.75 Å². The Balaban J connectivity index is 2.04. The minimum atomic E-state index is -4.51. The van der Waals surface area contributed by atoms with E-state index in [2.05, 4.69) is 9.97 Å². The van der Waals surface area contributed by atoms with Gasteiger partial charge in [0.2, 0.25) is 0 Å². The van der Waals surface area contributed by atoms with Gasteiger partial charge in [-0.15, -0.1) is 0 Å². The van der Waals surface area contributed by atoms with Crippen molar-refractivity contribution in [2.24, 2.45) is 0 Å². The Labute approximate surface area is 118 Å². The minimum absolute atomic E-state index is 0.198. The zero-order valence-corrected chi connectivity index (χ0v) is 10.8. The van der Waals surface area contributed by atoms with Gasteiger partial charge in [-0.2, -0.15) is 13.2 Å². The first kappa shape index (κ1) is 13.8. The van der Waals surface area contributed by atoms with Crippen LogP contribution < -0.4 is 4.74 Å². The Morgan fingerprint density at radius 3 is 2.67 bits per heavy atom. The van der Waals surface area contributed by atoms with Crippen molar-refractivity contribution < 1.29 is 23.0 Å². The maximum absolute atomic E-state index is 12.5. The highest BCUT2D eigenvalue weighted by Crippen LogP contribution is 2.40. The van der Waals surface area contributed by atoms with Gasteiger partial charge in [-0.25, -0.2) is 0 Å². The molecule has 0 aliphatic carbocycles. The van der Waals surface area contributed by atoms with E-state index >= 15 is 0 Å². The lowest BCUT2D eigenvalue weighted by molar-refractivity contribution is -0.141. The van der Waals surface area contributed by atoms with Gasteiger partial charge >= 0.3 is 6.18 Å². The summed E-state index contributed by atoms with van der Waals surface area (Å²) in [6.07, 6.45) is -1.78. The second-order valence-electron chi connectivity index (χ2n) is 4.74. The highest BCUT2D eigenvalue weighted by Gasteiger charge is 2.40. The third-order valence-electron chi connectivity index (χ3n) is 3.42. The van der Waals surface area contributed by atoms with E-state index in [1.165, 1.54) is 12.3 Å². The van der Waals surface area contributed by atoms with Gasteiger partial charge in [0, 0.05) is 24.4 Å². The number of rotatable bonds is 1. The maximum Gasteiger partial charge on any atom is 0.433 e. The third-order valence-corrected chi connectivity index (χ3v) is 3.42. The van der Waals surface area contributed by atoms with Gasteiger partial charge in [0.1, 0.15) is 22.7 Å². The van der Waals surface area contributed by atoms with Gasteiger partial charge in [0.05, 0.1) is 6.61 Å². The molecule has 3 heterocycles. The van der Waals surface area contributed by atoms with E-state index in [1.807, 2.05) is 0 Å². The van der Waals surface area contributed by atoms with Gasteiger partial charge in [0.15, 0.2) is 0 Å². The monoisotopic (exact) mass is 296 g/mol. The quantitative estimate of drug-likeness (QED) is 0.878. The average Bonchev–Trinajstić information content (AvgIpc) is 2.47. The summed E-state index contributed by atoms with van der Waals surface area (Å²) < 4.78 is 43.0. The topological polar surface area (TPSA) is 55.2 Å². The lowest BCUT2D eigenvalue weighted by Gasteiger charge is -2.33. The van der Waals surface area contributed by atoms with Gasteiger partial charge in [-0.1, -0.05) is 6.07 Å². The summed E-state index contributed by atoms with van der Waals surface area (Å²) in [6, 6.07) is 5.39. The smallest absolute Gasteiger partial charge is 0.433 e. The summed E-state index contributed by atoms with van der Waals surface area (Å²) in [5.74, 6) is 0.422. The Morgan fingerprint density at radius 2 is 2.00 bits per heavy atom. The summed E-state index contributed by atoms with van der Waals surface area (Å²) in [6.45, 7) is 0.246. The Hall–Kier alpha value is -2.15. The molecule has 0 spiro atoms. The molecule has 7 heteroatoms. The minimum Gasteiger partial charge on any atom is -0.491 e. The maximum atomic E-state index is 12.5. The second kappa shape index (κ2) is 4.70. The zero-order chi connectivity index (χ0) is 15.1. The molecule has 0 bridgehead atoms. The molecular formula is C14H11F3N2O2. The lowest BCUT2D eigenvalue weighted by atomic mass is 9.86. The first-order chi connectivity index (χ1) is 9.91. The second-order valence-corrected chi connectivity index (χ2v) is 4.74. The SMILES string of the molecule is O[C@@]1(c2ccc(C(F)(F)F)nc2)CCOc2cccnc21. The molecule has 1 aliphatic heterocycles. The van der Waals surface area contributed by atoms with Crippen LogP contribution in [0.1, 0.15) is 23.4 Å². The predicted octanol–water partition coefficient (Wildman–Crippen LogP) is 2.51. The van der Waals surface area contributed by atoms with Crippen LogP contribution in [0.15, 0.2) is 36.7 Å². The normalized spacial score (nSPS) is 21.5. The summed E-state index contributed by atoms with van der Waals surface area (Å²) in [7, 11) is 0. The summed E-state index contributed by atoms with van der Waals surface area (Å²) in [5.41, 5.74) is -1.94. The molecule has 2 aromatic rings. The molecule has 110 valence electrons. The van der Waals surface area contributed by atoms with E-state index < -0.39 is 17.5 Å². The highest BCUT2D eigenvalue weighted by molar-refractivity contribution is 5.41. The van der Waals surface area contributed by atoms with Gasteiger partial charge in [-0.05, 0) is 18.2 Å². The van der Waals surface area contributed by atoms with Gasteiger partial charge < -0.3 is 9.84 Å². The van der Waals surface area contributed by atoms with E-state index in [9.17, 15) is 18.3 Å². The van der Waals surface area contributed by atoms with Crippen molar-refractivity contribution in [1.29, 1.82) is 0 Å². The van der Waals surface area contributed by atoms with E-state index in [0.29, 0.717) is 5.75 Å². The first-order valence-electron chi connectivity index (χ1n) is 6.26. The van der Waals surface area contributed by atoms with E-state index in [-0.39, 0.29) is 24.3 Å². The molecule has 3 rings (SSSR count). The molecule has 0 fully saturated rings. The van der Waals surface area contributed by atoms with E-state index in [1.54, 1.807) is 12.1 Å². The molecule has 4 nitrogen and oxygen atoms in total. The fourth-order valence-electron chi connectivity index (χ4n) is 2.33. The number of hydrogen-bond acceptors (Lipinski definition) is 4. The molecule has 1 N–H and O–H groups in total. The zero-order valence-electron chi connectivity index (χ0n) is 10.8. The molecule has 0 unspecified atom stereocenters. The fourth-order valence-corrected chi connectivity index (χ4v) is 2.33. The highest BCUT2D eigenvalue weighted by atomic mass is 19.4. The van der Waals surface area contributed by atoms with Crippen LogP contribution in [0.4, 0.5) is 13.2 Å².